The van der Waals surface area contributed by atoms with Crippen LogP contribution in [0.4, 0.5) is 10.5 Å². The number of nitrogens with two attached hydrogens (primary N) is 1. The Bertz CT molecular complexity index is 771. The van der Waals surface area contributed by atoms with Crippen LogP contribution in [0.15, 0.2) is 24.4 Å². The predicted molar refractivity (Wildman–Crippen MR) is 92.2 cm³/mol. The van der Waals surface area contributed by atoms with Gasteiger partial charge in [-0.05, 0) is 26.0 Å². The zero-order valence-electron chi connectivity index (χ0n) is 14.7. The van der Waals surface area contributed by atoms with Gasteiger partial charge in [-0.15, -0.1) is 5.10 Å². The molecular weight excluding hydrogens is 324 g/mol. The molecule has 0 atom stereocenters. The number of urea groups is 1. The van der Waals surface area contributed by atoms with E-state index in [0.717, 1.165) is 0 Å². The maximum atomic E-state index is 12.3. The van der Waals surface area contributed by atoms with Crippen molar-refractivity contribution in [2.75, 3.05) is 12.4 Å². The number of benzene rings is 1. The number of nitrogens with one attached hydrogen (secondary N) is 1. The third-order valence-corrected chi connectivity index (χ3v) is 3.26. The minimum absolute atomic E-state index is 0.136. The van der Waals surface area contributed by atoms with Crippen LogP contribution in [-0.2, 0) is 13.6 Å². The van der Waals surface area contributed by atoms with E-state index in [1.165, 1.54) is 11.0 Å². The minimum atomic E-state index is -0.590. The molecule has 134 valence electrons. The normalized spacial score (nSPS) is 10.6. The van der Waals surface area contributed by atoms with Gasteiger partial charge in [-0.1, -0.05) is 5.21 Å². The van der Waals surface area contributed by atoms with E-state index in [0.29, 0.717) is 23.7 Å². The van der Waals surface area contributed by atoms with Crippen molar-refractivity contribution < 1.29 is 14.3 Å². The van der Waals surface area contributed by atoms with E-state index in [2.05, 4.69) is 15.6 Å². The second-order valence-corrected chi connectivity index (χ2v) is 5.91. The number of hydrogen-bond acceptors (Lipinski definition) is 5. The molecule has 2 aromatic rings. The summed E-state index contributed by atoms with van der Waals surface area (Å²) >= 11 is 0. The molecule has 0 saturated heterocycles. The molecule has 3 N–H and O–H groups in total. The van der Waals surface area contributed by atoms with Gasteiger partial charge < -0.3 is 20.7 Å². The lowest BCUT2D eigenvalue weighted by atomic mass is 10.1. The van der Waals surface area contributed by atoms with Gasteiger partial charge in [-0.3, -0.25) is 9.48 Å². The summed E-state index contributed by atoms with van der Waals surface area (Å²) in [5, 5.41) is 10.5. The Morgan fingerprint density at radius 2 is 2.12 bits per heavy atom. The fourth-order valence-electron chi connectivity index (χ4n) is 2.16. The summed E-state index contributed by atoms with van der Waals surface area (Å²) in [6, 6.07) is 4.38. The van der Waals surface area contributed by atoms with Crippen LogP contribution < -0.4 is 15.8 Å². The van der Waals surface area contributed by atoms with Crippen LogP contribution >= 0.6 is 0 Å². The van der Waals surface area contributed by atoms with Gasteiger partial charge in [0, 0.05) is 32.0 Å². The molecule has 9 nitrogen and oxygen atoms in total. The van der Waals surface area contributed by atoms with Crippen molar-refractivity contribution in [3.05, 3.63) is 35.7 Å². The first kappa shape index (κ1) is 18.2. The van der Waals surface area contributed by atoms with Gasteiger partial charge in [0.05, 0.1) is 18.2 Å². The van der Waals surface area contributed by atoms with E-state index in [9.17, 15) is 9.59 Å². The highest BCUT2D eigenvalue weighted by molar-refractivity contribution is 5.97. The Balaban J connectivity index is 2.10. The van der Waals surface area contributed by atoms with Gasteiger partial charge in [0.25, 0.3) is 5.91 Å². The molecule has 0 aliphatic rings. The quantitative estimate of drug-likeness (QED) is 0.819. The van der Waals surface area contributed by atoms with Gasteiger partial charge in [-0.2, -0.15) is 0 Å². The number of primary amides is 1. The van der Waals surface area contributed by atoms with Crippen LogP contribution in [0.3, 0.4) is 0 Å². The molecule has 1 aromatic carbocycles. The molecule has 0 fully saturated rings. The Morgan fingerprint density at radius 3 is 2.68 bits per heavy atom. The van der Waals surface area contributed by atoms with Crippen molar-refractivity contribution in [1.82, 2.24) is 19.9 Å². The van der Waals surface area contributed by atoms with E-state index >= 15 is 0 Å². The molecule has 25 heavy (non-hydrogen) atoms. The average Bonchev–Trinajstić information content (AvgIpc) is 2.91. The standard InChI is InChI=1S/C16H22N6O3/c1-10(2)25-14-7-11(5-6-13(14)15(17)23)18-16(24)21(3)8-12-9-22(4)20-19-12/h5-7,9-10H,8H2,1-4H3,(H2,17,23)(H,18,24). The first-order valence-electron chi connectivity index (χ1n) is 7.74. The SMILES string of the molecule is CC(C)Oc1cc(NC(=O)N(C)Cc2cn(C)nn2)ccc1C(N)=O. The molecular formula is C16H22N6O3. The second kappa shape index (κ2) is 7.65. The number of ether oxygens (including phenoxy) is 1. The zero-order valence-corrected chi connectivity index (χ0v) is 14.7. The van der Waals surface area contributed by atoms with Crippen LogP contribution in [0.5, 0.6) is 5.75 Å². The number of aryl methyl sites for hydroxylation is 1. The molecule has 1 heterocycles. The number of carbonyl (C=O) groups excluding carboxylic acids is 2. The van der Waals surface area contributed by atoms with Crippen molar-refractivity contribution in [3.8, 4) is 5.75 Å². The minimum Gasteiger partial charge on any atom is -0.490 e. The fraction of sp³-hybridized carbons (Fsp3) is 0.375. The van der Waals surface area contributed by atoms with Crippen molar-refractivity contribution in [3.63, 3.8) is 0 Å². The monoisotopic (exact) mass is 346 g/mol. The van der Waals surface area contributed by atoms with E-state index < -0.39 is 5.91 Å². The lowest BCUT2D eigenvalue weighted by Crippen LogP contribution is -2.31. The van der Waals surface area contributed by atoms with Gasteiger partial charge in [0.2, 0.25) is 0 Å². The van der Waals surface area contributed by atoms with E-state index in [1.807, 2.05) is 13.8 Å². The van der Waals surface area contributed by atoms with Crippen LogP contribution in [-0.4, -0.2) is 45.0 Å². The Kier molecular flexibility index (Phi) is 5.58. The maximum absolute atomic E-state index is 12.3. The summed E-state index contributed by atoms with van der Waals surface area (Å²) in [6.45, 7) is 3.99. The molecule has 0 aliphatic heterocycles. The van der Waals surface area contributed by atoms with Gasteiger partial charge >= 0.3 is 6.03 Å². The summed E-state index contributed by atoms with van der Waals surface area (Å²) in [4.78, 5) is 25.3. The van der Waals surface area contributed by atoms with Crippen molar-refractivity contribution in [1.29, 1.82) is 0 Å². The largest absolute Gasteiger partial charge is 0.490 e. The Labute approximate surface area is 145 Å². The van der Waals surface area contributed by atoms with Gasteiger partial charge in [-0.25, -0.2) is 4.79 Å². The summed E-state index contributed by atoms with van der Waals surface area (Å²) in [7, 11) is 3.40. The zero-order chi connectivity index (χ0) is 18.6. The van der Waals surface area contributed by atoms with Crippen LogP contribution in [0.2, 0.25) is 0 Å². The summed E-state index contributed by atoms with van der Waals surface area (Å²) in [5.41, 5.74) is 6.78. The molecule has 0 radical (unpaired) electrons. The number of anilines is 1. The fourth-order valence-corrected chi connectivity index (χ4v) is 2.16. The first-order valence-corrected chi connectivity index (χ1v) is 7.74. The number of aromatic nitrogens is 3. The number of nitrogens with zero attached hydrogens (tertiary/aromatic N) is 4. The van der Waals surface area contributed by atoms with Gasteiger partial charge in [0.15, 0.2) is 0 Å². The molecule has 2 rings (SSSR count). The number of carbonyl (C=O) groups is 2. The molecule has 0 unspecified atom stereocenters. The highest BCUT2D eigenvalue weighted by atomic mass is 16.5. The highest BCUT2D eigenvalue weighted by Crippen LogP contribution is 2.24. The molecule has 1 aromatic heterocycles. The van der Waals surface area contributed by atoms with Crippen LogP contribution in [0.25, 0.3) is 0 Å². The van der Waals surface area contributed by atoms with E-state index in [-0.39, 0.29) is 17.7 Å². The number of rotatable bonds is 6. The van der Waals surface area contributed by atoms with Crippen LogP contribution in [0.1, 0.15) is 29.9 Å². The predicted octanol–water partition coefficient (Wildman–Crippen LogP) is 1.37. The molecule has 0 saturated carbocycles. The third-order valence-electron chi connectivity index (χ3n) is 3.26. The molecule has 3 amide bonds. The Morgan fingerprint density at radius 1 is 1.40 bits per heavy atom. The topological polar surface area (TPSA) is 115 Å². The molecule has 0 bridgehead atoms. The van der Waals surface area contributed by atoms with Gasteiger partial charge in [0.1, 0.15) is 11.4 Å². The highest BCUT2D eigenvalue weighted by Gasteiger charge is 2.15. The summed E-state index contributed by atoms with van der Waals surface area (Å²) in [5.74, 6) is -0.259. The number of amides is 3. The van der Waals surface area contributed by atoms with Crippen LogP contribution in [0, 0.1) is 0 Å². The smallest absolute Gasteiger partial charge is 0.321 e. The van der Waals surface area contributed by atoms with E-state index in [4.69, 9.17) is 10.5 Å². The second-order valence-electron chi connectivity index (χ2n) is 5.91. The summed E-state index contributed by atoms with van der Waals surface area (Å²) < 4.78 is 7.17. The number of hydrogen-bond donors (Lipinski definition) is 2. The Hall–Kier alpha value is -3.10. The third kappa shape index (κ3) is 4.93. The van der Waals surface area contributed by atoms with Crippen molar-refractivity contribution in [2.45, 2.75) is 26.5 Å². The van der Waals surface area contributed by atoms with Crippen molar-refractivity contribution >= 4 is 17.6 Å². The molecule has 0 aliphatic carbocycles. The molecule has 9 heteroatoms. The summed E-state index contributed by atoms with van der Waals surface area (Å²) in [6.07, 6.45) is 1.60. The van der Waals surface area contributed by atoms with Crippen molar-refractivity contribution in [2.24, 2.45) is 12.8 Å². The lowest BCUT2D eigenvalue weighted by molar-refractivity contribution is 0.0994. The molecule has 0 spiro atoms. The van der Waals surface area contributed by atoms with E-state index in [1.54, 1.807) is 37.1 Å². The maximum Gasteiger partial charge on any atom is 0.321 e. The first-order chi connectivity index (χ1) is 11.8. The lowest BCUT2D eigenvalue weighted by Gasteiger charge is -2.18. The average molecular weight is 346 g/mol.